The SMILES string of the molecule is CC1OCCCC1C(=O)N(CC(=O)O)C1CCC1. The summed E-state index contributed by atoms with van der Waals surface area (Å²) in [6, 6.07) is 0.128. The number of nitrogens with zero attached hydrogens (tertiary/aromatic N) is 1. The van der Waals surface area contributed by atoms with Gasteiger partial charge in [-0.25, -0.2) is 0 Å². The van der Waals surface area contributed by atoms with Crippen LogP contribution in [-0.4, -0.2) is 47.2 Å². The zero-order valence-corrected chi connectivity index (χ0v) is 10.8. The van der Waals surface area contributed by atoms with Crippen LogP contribution in [0.1, 0.15) is 39.0 Å². The second-order valence-electron chi connectivity index (χ2n) is 5.27. The summed E-state index contributed by atoms with van der Waals surface area (Å²) in [6.07, 6.45) is 4.55. The van der Waals surface area contributed by atoms with E-state index in [2.05, 4.69) is 0 Å². The molecule has 1 aliphatic carbocycles. The maximum absolute atomic E-state index is 12.5. The number of amides is 1. The fourth-order valence-electron chi connectivity index (χ4n) is 2.69. The molecule has 0 radical (unpaired) electrons. The zero-order chi connectivity index (χ0) is 13.1. The van der Waals surface area contributed by atoms with Crippen LogP contribution in [0.3, 0.4) is 0 Å². The molecule has 0 spiro atoms. The molecule has 0 aromatic rings. The quantitative estimate of drug-likeness (QED) is 0.821. The molecule has 1 saturated carbocycles. The Kier molecular flexibility index (Phi) is 4.22. The van der Waals surface area contributed by atoms with Crippen molar-refractivity contribution in [3.05, 3.63) is 0 Å². The number of ether oxygens (including phenoxy) is 1. The molecular weight excluding hydrogens is 234 g/mol. The lowest BCUT2D eigenvalue weighted by atomic mass is 9.88. The molecule has 1 saturated heterocycles. The lowest BCUT2D eigenvalue weighted by Gasteiger charge is -2.40. The predicted molar refractivity (Wildman–Crippen MR) is 65.1 cm³/mol. The van der Waals surface area contributed by atoms with Crippen LogP contribution < -0.4 is 0 Å². The number of carbonyl (C=O) groups excluding carboxylic acids is 1. The molecule has 2 atom stereocenters. The van der Waals surface area contributed by atoms with Crippen LogP contribution in [0.2, 0.25) is 0 Å². The van der Waals surface area contributed by atoms with E-state index in [1.165, 1.54) is 0 Å². The first-order chi connectivity index (χ1) is 8.59. The number of rotatable bonds is 4. The van der Waals surface area contributed by atoms with Gasteiger partial charge < -0.3 is 14.7 Å². The molecule has 102 valence electrons. The highest BCUT2D eigenvalue weighted by atomic mass is 16.5. The van der Waals surface area contributed by atoms with Crippen molar-refractivity contribution in [3.8, 4) is 0 Å². The van der Waals surface area contributed by atoms with Crippen molar-refractivity contribution in [1.29, 1.82) is 0 Å². The van der Waals surface area contributed by atoms with E-state index in [4.69, 9.17) is 9.84 Å². The third-order valence-electron chi connectivity index (χ3n) is 4.03. The van der Waals surface area contributed by atoms with Gasteiger partial charge in [-0.15, -0.1) is 0 Å². The molecule has 2 fully saturated rings. The number of carboxylic acid groups (broad SMARTS) is 1. The maximum atomic E-state index is 12.5. The fourth-order valence-corrected chi connectivity index (χ4v) is 2.69. The molecule has 1 aliphatic heterocycles. The first-order valence-corrected chi connectivity index (χ1v) is 6.73. The highest BCUT2D eigenvalue weighted by Gasteiger charge is 2.37. The summed E-state index contributed by atoms with van der Waals surface area (Å²) in [6.45, 7) is 2.43. The van der Waals surface area contributed by atoms with E-state index in [1.807, 2.05) is 6.92 Å². The molecule has 1 heterocycles. The Hall–Kier alpha value is -1.10. The van der Waals surface area contributed by atoms with Crippen LogP contribution in [0.15, 0.2) is 0 Å². The highest BCUT2D eigenvalue weighted by molar-refractivity contribution is 5.84. The molecule has 0 aromatic heterocycles. The second-order valence-corrected chi connectivity index (χ2v) is 5.27. The van der Waals surface area contributed by atoms with Crippen molar-refractivity contribution in [2.45, 2.75) is 51.2 Å². The summed E-state index contributed by atoms with van der Waals surface area (Å²) in [5.41, 5.74) is 0. The monoisotopic (exact) mass is 255 g/mol. The minimum absolute atomic E-state index is 0.0331. The number of hydrogen-bond donors (Lipinski definition) is 1. The Bertz CT molecular complexity index is 327. The average molecular weight is 255 g/mol. The van der Waals surface area contributed by atoms with Gasteiger partial charge in [-0.1, -0.05) is 0 Å². The molecule has 5 heteroatoms. The highest BCUT2D eigenvalue weighted by Crippen LogP contribution is 2.29. The summed E-state index contributed by atoms with van der Waals surface area (Å²) < 4.78 is 5.50. The van der Waals surface area contributed by atoms with E-state index in [-0.39, 0.29) is 30.5 Å². The summed E-state index contributed by atoms with van der Waals surface area (Å²) >= 11 is 0. The molecule has 18 heavy (non-hydrogen) atoms. The average Bonchev–Trinajstić information content (AvgIpc) is 2.25. The van der Waals surface area contributed by atoms with E-state index in [0.717, 1.165) is 32.1 Å². The van der Waals surface area contributed by atoms with Gasteiger partial charge in [0.25, 0.3) is 0 Å². The first kappa shape index (κ1) is 13.3. The van der Waals surface area contributed by atoms with Gasteiger partial charge in [-0.05, 0) is 39.0 Å². The molecule has 2 rings (SSSR count). The topological polar surface area (TPSA) is 66.8 Å². The lowest BCUT2D eigenvalue weighted by molar-refractivity contribution is -0.155. The molecule has 1 N–H and O–H groups in total. The van der Waals surface area contributed by atoms with Crippen molar-refractivity contribution in [2.75, 3.05) is 13.2 Å². The largest absolute Gasteiger partial charge is 0.480 e. The minimum Gasteiger partial charge on any atom is -0.480 e. The van der Waals surface area contributed by atoms with E-state index in [9.17, 15) is 9.59 Å². The van der Waals surface area contributed by atoms with Gasteiger partial charge in [0.05, 0.1) is 12.0 Å². The van der Waals surface area contributed by atoms with Gasteiger partial charge in [-0.2, -0.15) is 0 Å². The summed E-state index contributed by atoms with van der Waals surface area (Å²) in [7, 11) is 0. The fraction of sp³-hybridized carbons (Fsp3) is 0.846. The smallest absolute Gasteiger partial charge is 0.323 e. The Labute approximate surface area is 107 Å². The van der Waals surface area contributed by atoms with Crippen LogP contribution in [-0.2, 0) is 14.3 Å². The number of carboxylic acids is 1. The molecule has 0 bridgehead atoms. The molecule has 2 aliphatic rings. The normalized spacial score (nSPS) is 28.5. The minimum atomic E-state index is -0.931. The Morgan fingerprint density at radius 1 is 1.28 bits per heavy atom. The Morgan fingerprint density at radius 2 is 2.00 bits per heavy atom. The zero-order valence-electron chi connectivity index (χ0n) is 10.8. The van der Waals surface area contributed by atoms with Gasteiger partial charge >= 0.3 is 5.97 Å². The Morgan fingerprint density at radius 3 is 2.50 bits per heavy atom. The van der Waals surface area contributed by atoms with Crippen LogP contribution in [0.25, 0.3) is 0 Å². The Balaban J connectivity index is 2.03. The van der Waals surface area contributed by atoms with Gasteiger partial charge in [0.2, 0.25) is 5.91 Å². The maximum Gasteiger partial charge on any atom is 0.323 e. The summed E-state index contributed by atoms with van der Waals surface area (Å²) in [5, 5.41) is 8.94. The van der Waals surface area contributed by atoms with Crippen molar-refractivity contribution >= 4 is 11.9 Å². The van der Waals surface area contributed by atoms with Crippen molar-refractivity contribution in [1.82, 2.24) is 4.90 Å². The van der Waals surface area contributed by atoms with Gasteiger partial charge in [0.15, 0.2) is 0 Å². The van der Waals surface area contributed by atoms with Crippen LogP contribution >= 0.6 is 0 Å². The third-order valence-corrected chi connectivity index (χ3v) is 4.03. The molecule has 2 unspecified atom stereocenters. The van der Waals surface area contributed by atoms with Crippen LogP contribution in [0, 0.1) is 5.92 Å². The first-order valence-electron chi connectivity index (χ1n) is 6.73. The van der Waals surface area contributed by atoms with Crippen molar-refractivity contribution in [2.24, 2.45) is 5.92 Å². The van der Waals surface area contributed by atoms with Crippen molar-refractivity contribution < 1.29 is 19.4 Å². The third kappa shape index (κ3) is 2.83. The van der Waals surface area contributed by atoms with E-state index < -0.39 is 5.97 Å². The van der Waals surface area contributed by atoms with E-state index >= 15 is 0 Å². The molecular formula is C13H21NO4. The lowest BCUT2D eigenvalue weighted by Crippen LogP contribution is -2.51. The van der Waals surface area contributed by atoms with Crippen molar-refractivity contribution in [3.63, 3.8) is 0 Å². The predicted octanol–water partition coefficient (Wildman–Crippen LogP) is 1.27. The molecule has 1 amide bonds. The summed E-state index contributed by atoms with van der Waals surface area (Å²) in [4.78, 5) is 24.9. The number of hydrogen-bond acceptors (Lipinski definition) is 3. The van der Waals surface area contributed by atoms with E-state index in [0.29, 0.717) is 6.61 Å². The van der Waals surface area contributed by atoms with Gasteiger partial charge in [0, 0.05) is 12.6 Å². The van der Waals surface area contributed by atoms with Gasteiger partial charge in [-0.3, -0.25) is 9.59 Å². The molecule has 5 nitrogen and oxygen atoms in total. The molecule has 0 aromatic carbocycles. The van der Waals surface area contributed by atoms with Gasteiger partial charge in [0.1, 0.15) is 6.54 Å². The van der Waals surface area contributed by atoms with Crippen LogP contribution in [0.5, 0.6) is 0 Å². The standard InChI is InChI=1S/C13H21NO4/c1-9-11(6-3-7-18-9)13(17)14(8-12(15)16)10-4-2-5-10/h9-11H,2-8H2,1H3,(H,15,16). The number of aliphatic carboxylic acids is 1. The van der Waals surface area contributed by atoms with Crippen LogP contribution in [0.4, 0.5) is 0 Å². The second kappa shape index (κ2) is 5.69. The summed E-state index contributed by atoms with van der Waals surface area (Å²) in [5.74, 6) is -1.13. The number of carbonyl (C=O) groups is 2. The van der Waals surface area contributed by atoms with E-state index in [1.54, 1.807) is 4.90 Å².